The number of aromatic amines is 1. The Bertz CT molecular complexity index is 1290. The van der Waals surface area contributed by atoms with Gasteiger partial charge in [0.1, 0.15) is 11.5 Å². The van der Waals surface area contributed by atoms with Gasteiger partial charge in [-0.15, -0.1) is 10.2 Å². The Hall–Kier alpha value is -3.94. The molecule has 0 unspecified atom stereocenters. The predicted molar refractivity (Wildman–Crippen MR) is 103 cm³/mol. The van der Waals surface area contributed by atoms with Gasteiger partial charge in [0.2, 0.25) is 5.82 Å². The third-order valence-corrected chi connectivity index (χ3v) is 4.67. The van der Waals surface area contributed by atoms with Crippen molar-refractivity contribution >= 4 is 10.8 Å². The Morgan fingerprint density at radius 2 is 1.86 bits per heavy atom. The van der Waals surface area contributed by atoms with E-state index < -0.39 is 0 Å². The van der Waals surface area contributed by atoms with Crippen LogP contribution in [0.25, 0.3) is 44.8 Å². The number of benzene rings is 2. The van der Waals surface area contributed by atoms with Gasteiger partial charge in [-0.25, -0.2) is 9.37 Å². The minimum absolute atomic E-state index is 0.250. The summed E-state index contributed by atoms with van der Waals surface area (Å²) >= 11 is 0. The average molecular weight is 371 g/mol. The van der Waals surface area contributed by atoms with E-state index in [1.807, 2.05) is 41.9 Å². The van der Waals surface area contributed by atoms with Crippen molar-refractivity contribution < 1.29 is 4.39 Å². The summed E-state index contributed by atoms with van der Waals surface area (Å²) < 4.78 is 16.2. The topological polar surface area (TPSA) is 85.2 Å². The lowest BCUT2D eigenvalue weighted by Crippen LogP contribution is -1.95. The van der Waals surface area contributed by atoms with E-state index in [0.29, 0.717) is 22.6 Å². The van der Waals surface area contributed by atoms with E-state index in [1.165, 1.54) is 6.07 Å². The molecule has 0 amide bonds. The summed E-state index contributed by atoms with van der Waals surface area (Å²) in [4.78, 5) is 9.04. The zero-order chi connectivity index (χ0) is 19.1. The van der Waals surface area contributed by atoms with Crippen LogP contribution in [0.4, 0.5) is 4.39 Å². The second-order valence-electron chi connectivity index (χ2n) is 6.36. The van der Waals surface area contributed by atoms with Crippen LogP contribution in [0.1, 0.15) is 0 Å². The van der Waals surface area contributed by atoms with Crippen LogP contribution >= 0.6 is 0 Å². The molecule has 28 heavy (non-hydrogen) atoms. The van der Waals surface area contributed by atoms with Gasteiger partial charge in [-0.1, -0.05) is 24.3 Å². The number of nitrogens with zero attached hydrogens (tertiary/aromatic N) is 6. The molecule has 5 rings (SSSR count). The molecule has 3 heterocycles. The lowest BCUT2D eigenvalue weighted by Gasteiger charge is -2.11. The van der Waals surface area contributed by atoms with Crippen molar-refractivity contribution in [3.8, 4) is 34.0 Å². The van der Waals surface area contributed by atoms with Crippen molar-refractivity contribution in [3.63, 3.8) is 0 Å². The summed E-state index contributed by atoms with van der Waals surface area (Å²) in [6, 6.07) is 14.4. The lowest BCUT2D eigenvalue weighted by molar-refractivity contribution is 0.640. The van der Waals surface area contributed by atoms with Gasteiger partial charge in [-0.2, -0.15) is 5.21 Å². The van der Waals surface area contributed by atoms with Crippen LogP contribution in [-0.4, -0.2) is 35.2 Å². The molecule has 7 nitrogen and oxygen atoms in total. The fourth-order valence-electron chi connectivity index (χ4n) is 3.39. The molecule has 2 aromatic carbocycles. The minimum Gasteiger partial charge on any atom is -0.333 e. The number of H-pyrrole nitrogens is 1. The molecular weight excluding hydrogens is 357 g/mol. The van der Waals surface area contributed by atoms with Gasteiger partial charge in [-0.05, 0) is 34.9 Å². The molecular formula is C20H14FN7. The van der Waals surface area contributed by atoms with Crippen LogP contribution in [0.2, 0.25) is 0 Å². The first-order valence-electron chi connectivity index (χ1n) is 8.61. The molecule has 0 aliphatic rings. The lowest BCUT2D eigenvalue weighted by atomic mass is 9.99. The molecule has 0 spiro atoms. The largest absolute Gasteiger partial charge is 0.333 e. The molecule has 136 valence electrons. The molecule has 1 N–H and O–H groups in total. The molecule has 3 aromatic heterocycles. The molecule has 8 heteroatoms. The maximum Gasteiger partial charge on any atom is 0.204 e. The molecule has 0 saturated carbocycles. The zero-order valence-electron chi connectivity index (χ0n) is 14.8. The quantitative estimate of drug-likeness (QED) is 0.524. The minimum atomic E-state index is -0.250. The molecule has 0 atom stereocenters. The van der Waals surface area contributed by atoms with Gasteiger partial charge in [0.05, 0.1) is 17.7 Å². The van der Waals surface area contributed by atoms with Gasteiger partial charge in [-0.3, -0.25) is 4.98 Å². The van der Waals surface area contributed by atoms with E-state index in [0.717, 1.165) is 22.2 Å². The third-order valence-electron chi connectivity index (χ3n) is 4.67. The number of imidazole rings is 1. The number of fused-ring (bicyclic) bond motifs is 1. The van der Waals surface area contributed by atoms with Gasteiger partial charge in [0.25, 0.3) is 0 Å². The fourth-order valence-corrected chi connectivity index (χ4v) is 3.39. The van der Waals surface area contributed by atoms with Crippen molar-refractivity contribution in [2.75, 3.05) is 0 Å². The number of tetrazole rings is 1. The Morgan fingerprint density at radius 3 is 2.68 bits per heavy atom. The van der Waals surface area contributed by atoms with Crippen molar-refractivity contribution in [3.05, 3.63) is 66.9 Å². The van der Waals surface area contributed by atoms with E-state index in [9.17, 15) is 4.39 Å². The van der Waals surface area contributed by atoms with Crippen LogP contribution in [0.3, 0.4) is 0 Å². The van der Waals surface area contributed by atoms with Crippen LogP contribution in [0.5, 0.6) is 0 Å². The Morgan fingerprint density at radius 1 is 1.00 bits per heavy atom. The van der Waals surface area contributed by atoms with Crippen LogP contribution in [0, 0.1) is 5.82 Å². The Kier molecular flexibility index (Phi) is 3.68. The fraction of sp³-hybridized carbons (Fsp3) is 0.0500. The summed E-state index contributed by atoms with van der Waals surface area (Å²) in [5.74, 6) is 0.230. The van der Waals surface area contributed by atoms with Gasteiger partial charge < -0.3 is 4.57 Å². The summed E-state index contributed by atoms with van der Waals surface area (Å²) in [6.07, 6.45) is 3.41. The second-order valence-corrected chi connectivity index (χ2v) is 6.36. The van der Waals surface area contributed by atoms with Crippen molar-refractivity contribution in [1.82, 2.24) is 35.2 Å². The summed E-state index contributed by atoms with van der Waals surface area (Å²) in [5.41, 5.74) is 3.89. The number of aryl methyl sites for hydroxylation is 1. The Balaban J connectivity index is 1.73. The van der Waals surface area contributed by atoms with E-state index in [1.54, 1.807) is 24.7 Å². The third kappa shape index (κ3) is 2.54. The number of halogens is 1. The highest BCUT2D eigenvalue weighted by molar-refractivity contribution is 5.99. The standard InChI is InChI=1S/C20H14FN7/c1-28-11-23-18(17-10-12(8-9-22-17)20-24-26-27-25-20)19(28)15-6-7-16(21)14-5-3-2-4-13(14)15/h2-11H,1H3,(H,24,25,26,27). The average Bonchev–Trinajstić information content (AvgIpc) is 3.39. The molecule has 0 aliphatic heterocycles. The van der Waals surface area contributed by atoms with Crippen molar-refractivity contribution in [2.24, 2.45) is 7.05 Å². The van der Waals surface area contributed by atoms with Crippen molar-refractivity contribution in [1.29, 1.82) is 0 Å². The van der Waals surface area contributed by atoms with E-state index in [4.69, 9.17) is 0 Å². The van der Waals surface area contributed by atoms with E-state index >= 15 is 0 Å². The van der Waals surface area contributed by atoms with Crippen LogP contribution in [0.15, 0.2) is 61.1 Å². The highest BCUT2D eigenvalue weighted by atomic mass is 19.1. The van der Waals surface area contributed by atoms with E-state index in [2.05, 4.69) is 30.6 Å². The Labute approximate surface area is 158 Å². The number of hydrogen-bond donors (Lipinski definition) is 1. The number of hydrogen-bond acceptors (Lipinski definition) is 5. The number of rotatable bonds is 3. The molecule has 0 bridgehead atoms. The molecule has 0 saturated heterocycles. The van der Waals surface area contributed by atoms with Gasteiger partial charge >= 0.3 is 0 Å². The molecule has 0 fully saturated rings. The summed E-state index contributed by atoms with van der Waals surface area (Å²) in [7, 11) is 1.91. The highest BCUT2D eigenvalue weighted by Crippen LogP contribution is 2.36. The monoisotopic (exact) mass is 371 g/mol. The summed E-state index contributed by atoms with van der Waals surface area (Å²) in [5, 5.41) is 15.5. The number of nitrogens with one attached hydrogen (secondary N) is 1. The SMILES string of the molecule is Cn1cnc(-c2cc(-c3nn[nH]n3)ccn2)c1-c1ccc(F)c2ccccc12. The molecule has 0 radical (unpaired) electrons. The molecule has 5 aromatic rings. The first kappa shape index (κ1) is 16.2. The maximum atomic E-state index is 14.3. The smallest absolute Gasteiger partial charge is 0.204 e. The van der Waals surface area contributed by atoms with Crippen LogP contribution in [-0.2, 0) is 7.05 Å². The normalized spacial score (nSPS) is 11.2. The van der Waals surface area contributed by atoms with E-state index in [-0.39, 0.29) is 5.82 Å². The number of pyridine rings is 1. The predicted octanol–water partition coefficient (Wildman–Crippen LogP) is 3.62. The highest BCUT2D eigenvalue weighted by Gasteiger charge is 2.18. The van der Waals surface area contributed by atoms with Crippen molar-refractivity contribution in [2.45, 2.75) is 0 Å². The number of aromatic nitrogens is 7. The van der Waals surface area contributed by atoms with Crippen LogP contribution < -0.4 is 0 Å². The molecule has 0 aliphatic carbocycles. The first-order valence-corrected chi connectivity index (χ1v) is 8.61. The summed E-state index contributed by atoms with van der Waals surface area (Å²) in [6.45, 7) is 0. The van der Waals surface area contributed by atoms with Gasteiger partial charge in [0, 0.05) is 29.8 Å². The first-order chi connectivity index (χ1) is 13.7. The zero-order valence-corrected chi connectivity index (χ0v) is 14.8. The maximum absolute atomic E-state index is 14.3. The second kappa shape index (κ2) is 6.34. The van der Waals surface area contributed by atoms with Gasteiger partial charge in [0.15, 0.2) is 0 Å².